The van der Waals surface area contributed by atoms with Gasteiger partial charge in [-0.25, -0.2) is 0 Å². The Morgan fingerprint density at radius 3 is 2.42 bits per heavy atom. The summed E-state index contributed by atoms with van der Waals surface area (Å²) in [6.45, 7) is 7.33. The zero-order chi connectivity index (χ0) is 8.82. The Balaban J connectivity index is 1.75. The van der Waals surface area contributed by atoms with Crippen LogP contribution in [0.2, 0.25) is 0 Å². The maximum absolute atomic E-state index is 9.81. The van der Waals surface area contributed by atoms with E-state index in [1.54, 1.807) is 0 Å². The third-order valence-electron chi connectivity index (χ3n) is 3.40. The van der Waals surface area contributed by atoms with Gasteiger partial charge in [-0.1, -0.05) is 6.92 Å². The summed E-state index contributed by atoms with van der Waals surface area (Å²) in [6, 6.07) is 0. The lowest BCUT2D eigenvalue weighted by molar-refractivity contribution is -0.0282. The molecule has 2 rings (SSSR count). The molecule has 0 radical (unpaired) electrons. The van der Waals surface area contributed by atoms with E-state index in [0.29, 0.717) is 0 Å². The SMILES string of the molecule is CCC(C)(O)CN1CC2(CC2)C1. The maximum atomic E-state index is 9.81. The molecule has 0 aromatic heterocycles. The van der Waals surface area contributed by atoms with Gasteiger partial charge in [-0.05, 0) is 31.6 Å². The van der Waals surface area contributed by atoms with Crippen LogP contribution in [0.4, 0.5) is 0 Å². The molecule has 0 bridgehead atoms. The van der Waals surface area contributed by atoms with Gasteiger partial charge in [0, 0.05) is 19.6 Å². The van der Waals surface area contributed by atoms with Crippen molar-refractivity contribution in [1.29, 1.82) is 0 Å². The van der Waals surface area contributed by atoms with Gasteiger partial charge in [0.05, 0.1) is 5.60 Å². The Labute approximate surface area is 74.6 Å². The van der Waals surface area contributed by atoms with Crippen molar-refractivity contribution in [3.05, 3.63) is 0 Å². The molecule has 1 unspecified atom stereocenters. The predicted molar refractivity (Wildman–Crippen MR) is 49.0 cm³/mol. The Morgan fingerprint density at radius 2 is 2.00 bits per heavy atom. The van der Waals surface area contributed by atoms with Crippen molar-refractivity contribution in [2.45, 2.75) is 38.7 Å². The highest BCUT2D eigenvalue weighted by molar-refractivity contribution is 5.06. The number of likely N-dealkylation sites (tertiary alicyclic amines) is 1. The third kappa shape index (κ3) is 1.50. The topological polar surface area (TPSA) is 23.5 Å². The molecule has 1 atom stereocenters. The lowest BCUT2D eigenvalue weighted by Gasteiger charge is -2.43. The van der Waals surface area contributed by atoms with Crippen molar-refractivity contribution < 1.29 is 5.11 Å². The summed E-state index contributed by atoms with van der Waals surface area (Å²) in [4.78, 5) is 2.39. The Kier molecular flexibility index (Phi) is 1.74. The van der Waals surface area contributed by atoms with Crippen LogP contribution in [-0.2, 0) is 0 Å². The number of hydrogen-bond donors (Lipinski definition) is 1. The predicted octanol–water partition coefficient (Wildman–Crippen LogP) is 1.24. The van der Waals surface area contributed by atoms with Crippen molar-refractivity contribution in [3.8, 4) is 0 Å². The van der Waals surface area contributed by atoms with Crippen molar-refractivity contribution in [2.75, 3.05) is 19.6 Å². The summed E-state index contributed by atoms with van der Waals surface area (Å²) >= 11 is 0. The number of rotatable bonds is 3. The summed E-state index contributed by atoms with van der Waals surface area (Å²) in [5.74, 6) is 0. The van der Waals surface area contributed by atoms with Crippen LogP contribution in [0.15, 0.2) is 0 Å². The van der Waals surface area contributed by atoms with E-state index in [4.69, 9.17) is 0 Å². The smallest absolute Gasteiger partial charge is 0.0743 e. The second kappa shape index (κ2) is 2.46. The fraction of sp³-hybridized carbons (Fsp3) is 1.00. The van der Waals surface area contributed by atoms with Gasteiger partial charge in [0.2, 0.25) is 0 Å². The first-order valence-corrected chi connectivity index (χ1v) is 5.00. The first-order valence-electron chi connectivity index (χ1n) is 5.00. The van der Waals surface area contributed by atoms with Gasteiger partial charge >= 0.3 is 0 Å². The van der Waals surface area contributed by atoms with Crippen molar-refractivity contribution in [1.82, 2.24) is 4.90 Å². The Hall–Kier alpha value is -0.0800. The quantitative estimate of drug-likeness (QED) is 0.687. The molecular formula is C10H19NO. The number of β-amino-alcohol motifs (C(OH)–C–C–N with tert-alkyl or cyclic N) is 1. The van der Waals surface area contributed by atoms with Gasteiger partial charge in [-0.3, -0.25) is 4.90 Å². The van der Waals surface area contributed by atoms with Gasteiger partial charge in [0.15, 0.2) is 0 Å². The second-order valence-electron chi connectivity index (χ2n) is 5.00. The zero-order valence-corrected chi connectivity index (χ0v) is 8.14. The standard InChI is InChI=1S/C10H19NO/c1-3-9(2,12)6-11-7-10(8-11)4-5-10/h12H,3-8H2,1-2H3. The lowest BCUT2D eigenvalue weighted by Crippen LogP contribution is -2.53. The molecule has 0 aromatic rings. The molecule has 0 aromatic carbocycles. The summed E-state index contributed by atoms with van der Waals surface area (Å²) < 4.78 is 0. The molecule has 1 N–H and O–H groups in total. The first kappa shape index (κ1) is 8.52. The number of hydrogen-bond acceptors (Lipinski definition) is 2. The summed E-state index contributed by atoms with van der Waals surface area (Å²) in [5.41, 5.74) is 0.264. The zero-order valence-electron chi connectivity index (χ0n) is 8.14. The van der Waals surface area contributed by atoms with Crippen LogP contribution in [-0.4, -0.2) is 35.2 Å². The minimum Gasteiger partial charge on any atom is -0.389 e. The fourth-order valence-corrected chi connectivity index (χ4v) is 2.10. The summed E-state index contributed by atoms with van der Waals surface area (Å²) in [7, 11) is 0. The van der Waals surface area contributed by atoms with Crippen LogP contribution in [0.5, 0.6) is 0 Å². The molecule has 2 aliphatic rings. The van der Waals surface area contributed by atoms with Gasteiger partial charge < -0.3 is 5.11 Å². The normalized spacial score (nSPS) is 31.2. The lowest BCUT2D eigenvalue weighted by atomic mass is 9.93. The third-order valence-corrected chi connectivity index (χ3v) is 3.40. The van der Waals surface area contributed by atoms with Crippen molar-refractivity contribution in [2.24, 2.45) is 5.41 Å². The molecule has 2 fully saturated rings. The molecule has 12 heavy (non-hydrogen) atoms. The molecule has 1 aliphatic carbocycles. The van der Waals surface area contributed by atoms with E-state index in [-0.39, 0.29) is 0 Å². The number of aliphatic hydroxyl groups is 1. The Bertz CT molecular complexity index is 176. The number of nitrogens with zero attached hydrogens (tertiary/aromatic N) is 1. The van der Waals surface area contributed by atoms with Crippen LogP contribution in [0.25, 0.3) is 0 Å². The highest BCUT2D eigenvalue weighted by Gasteiger charge is 2.52. The van der Waals surface area contributed by atoms with Crippen LogP contribution in [0.1, 0.15) is 33.1 Å². The average molecular weight is 169 g/mol. The minimum atomic E-state index is -0.462. The summed E-state index contributed by atoms with van der Waals surface area (Å²) in [6.07, 6.45) is 3.71. The molecular weight excluding hydrogens is 150 g/mol. The molecule has 70 valence electrons. The van der Waals surface area contributed by atoms with Crippen LogP contribution in [0, 0.1) is 5.41 Å². The van der Waals surface area contributed by atoms with Crippen LogP contribution >= 0.6 is 0 Å². The van der Waals surface area contributed by atoms with Gasteiger partial charge in [0.25, 0.3) is 0 Å². The highest BCUT2D eigenvalue weighted by atomic mass is 16.3. The maximum Gasteiger partial charge on any atom is 0.0743 e. The van der Waals surface area contributed by atoms with E-state index in [2.05, 4.69) is 4.90 Å². The molecule has 1 saturated carbocycles. The van der Waals surface area contributed by atoms with Crippen molar-refractivity contribution >= 4 is 0 Å². The second-order valence-corrected chi connectivity index (χ2v) is 5.00. The van der Waals surface area contributed by atoms with Crippen molar-refractivity contribution in [3.63, 3.8) is 0 Å². The highest BCUT2D eigenvalue weighted by Crippen LogP contribution is 2.52. The fourth-order valence-electron chi connectivity index (χ4n) is 2.10. The molecule has 1 saturated heterocycles. The van der Waals surface area contributed by atoms with Gasteiger partial charge in [-0.15, -0.1) is 0 Å². The average Bonchev–Trinajstić information content (AvgIpc) is 2.66. The van der Waals surface area contributed by atoms with E-state index < -0.39 is 5.60 Å². The summed E-state index contributed by atoms with van der Waals surface area (Å²) in [5, 5.41) is 9.81. The molecule has 2 nitrogen and oxygen atoms in total. The van der Waals surface area contributed by atoms with E-state index >= 15 is 0 Å². The molecule has 1 spiro atoms. The molecule has 1 aliphatic heterocycles. The van der Waals surface area contributed by atoms with Crippen LogP contribution in [0.3, 0.4) is 0 Å². The minimum absolute atomic E-state index is 0.462. The van der Waals surface area contributed by atoms with E-state index in [1.165, 1.54) is 25.9 Å². The largest absolute Gasteiger partial charge is 0.389 e. The van der Waals surface area contributed by atoms with Gasteiger partial charge in [0.1, 0.15) is 0 Å². The first-order chi connectivity index (χ1) is 5.55. The van der Waals surface area contributed by atoms with Crippen LogP contribution < -0.4 is 0 Å². The molecule has 0 amide bonds. The van der Waals surface area contributed by atoms with E-state index in [0.717, 1.165) is 18.4 Å². The molecule has 1 heterocycles. The van der Waals surface area contributed by atoms with E-state index in [1.807, 2.05) is 13.8 Å². The van der Waals surface area contributed by atoms with Gasteiger partial charge in [-0.2, -0.15) is 0 Å². The molecule has 2 heteroatoms. The monoisotopic (exact) mass is 169 g/mol. The van der Waals surface area contributed by atoms with E-state index in [9.17, 15) is 5.11 Å². The Morgan fingerprint density at radius 1 is 1.42 bits per heavy atom.